The summed E-state index contributed by atoms with van der Waals surface area (Å²) in [4.78, 5) is 107. The smallest absolute Gasteiger partial charge is 0.391 e. The van der Waals surface area contributed by atoms with Crippen LogP contribution in [0.1, 0.15) is 123 Å². The minimum atomic E-state index is -5.02. The molecule has 5 aromatic rings. The predicted molar refractivity (Wildman–Crippen MR) is 308 cm³/mol. The lowest BCUT2D eigenvalue weighted by Crippen LogP contribution is -2.59. The quantitative estimate of drug-likeness (QED) is 0.0295. The number of aryl methyl sites for hydroxylation is 1. The van der Waals surface area contributed by atoms with E-state index in [1.807, 2.05) is 44.9 Å². The van der Waals surface area contributed by atoms with Crippen molar-refractivity contribution in [1.29, 1.82) is 0 Å². The molecule has 3 fully saturated rings. The van der Waals surface area contributed by atoms with E-state index in [-0.39, 0.29) is 79.8 Å². The van der Waals surface area contributed by atoms with Crippen molar-refractivity contribution >= 4 is 58.2 Å². The molecule has 0 spiro atoms. The van der Waals surface area contributed by atoms with Gasteiger partial charge in [0.2, 0.25) is 23.3 Å². The van der Waals surface area contributed by atoms with Gasteiger partial charge in [-0.05, 0) is 112 Å². The first-order chi connectivity index (χ1) is 39.6. The number of nitrogens with zero attached hydrogens (tertiary/aromatic N) is 4. The molecular formula is C60H71F5N10O8S. The Morgan fingerprint density at radius 2 is 1.52 bits per heavy atom. The molecule has 1 saturated carbocycles. The SMILES string of the molecule is Cc1ncsc1-c1ccc(C(CC(=O)NCCCCCNC(=O)c2ccc(F)c(-c3ccc(N4C[C@@H](C)N(C)[C@@H](C)C4)c(NC(=O)c4c[nH]c(=O)cc4C(F)(F)F)c3)c2)NC(=O)[C@@H]2C[C@@H](O)CN2C(=O)C(NC(=O)C2(F)CC2)C(C)(C)C)cc1. The third-order valence-electron chi connectivity index (χ3n) is 15.8. The Labute approximate surface area is 487 Å². The maximum Gasteiger partial charge on any atom is 0.417 e. The zero-order chi connectivity index (χ0) is 61.0. The maximum absolute atomic E-state index is 15.7. The summed E-state index contributed by atoms with van der Waals surface area (Å²) in [6.07, 6.45) is -4.04. The first-order valence-corrected chi connectivity index (χ1v) is 28.9. The van der Waals surface area contributed by atoms with E-state index in [4.69, 9.17) is 0 Å². The molecule has 2 saturated heterocycles. The Balaban J connectivity index is 0.886. The Hall–Kier alpha value is -7.57. The van der Waals surface area contributed by atoms with Crippen LogP contribution in [0.25, 0.3) is 21.6 Å². The van der Waals surface area contributed by atoms with E-state index < -0.39 is 99.4 Å². The van der Waals surface area contributed by atoms with Crippen molar-refractivity contribution in [2.75, 3.05) is 50.0 Å². The average Bonchev–Trinajstić information content (AvgIpc) is 3.46. The van der Waals surface area contributed by atoms with Gasteiger partial charge in [0.05, 0.1) is 57.1 Å². The number of H-pyrrole nitrogens is 1. The molecule has 1 aliphatic carbocycles. The number of aromatic nitrogens is 2. The third kappa shape index (κ3) is 14.8. The molecule has 6 amide bonds. The number of carbonyl (C=O) groups excluding carboxylic acids is 6. The molecule has 2 aromatic heterocycles. The van der Waals surface area contributed by atoms with Gasteiger partial charge in [-0.15, -0.1) is 11.3 Å². The van der Waals surface area contributed by atoms with Crippen molar-refractivity contribution in [3.63, 3.8) is 0 Å². The number of pyridine rings is 1. The van der Waals surface area contributed by atoms with Crippen LogP contribution in [0, 0.1) is 18.2 Å². The number of unbranched alkanes of at least 4 members (excludes halogenated alkanes) is 2. The maximum atomic E-state index is 15.7. The second-order valence-corrected chi connectivity index (χ2v) is 24.1. The van der Waals surface area contributed by atoms with Gasteiger partial charge in [-0.3, -0.25) is 38.5 Å². The van der Waals surface area contributed by atoms with Crippen molar-refractivity contribution < 1.29 is 55.8 Å². The highest BCUT2D eigenvalue weighted by Crippen LogP contribution is 2.41. The Kier molecular flexibility index (Phi) is 19.1. The Morgan fingerprint density at radius 3 is 2.15 bits per heavy atom. The van der Waals surface area contributed by atoms with E-state index in [2.05, 4.69) is 41.5 Å². The van der Waals surface area contributed by atoms with Crippen molar-refractivity contribution in [3.05, 3.63) is 123 Å². The summed E-state index contributed by atoms with van der Waals surface area (Å²) in [5, 5.41) is 24.6. The zero-order valence-corrected chi connectivity index (χ0v) is 48.7. The average molecular weight is 1190 g/mol. The van der Waals surface area contributed by atoms with Crippen molar-refractivity contribution in [3.8, 4) is 21.6 Å². The van der Waals surface area contributed by atoms with Gasteiger partial charge in [-0.2, -0.15) is 13.2 Å². The summed E-state index contributed by atoms with van der Waals surface area (Å²) in [6.45, 7) is 12.3. The molecule has 7 N–H and O–H groups in total. The number of β-amino-alcohol motifs (C(OH)–C–C–N with tert-alkyl or cyclic N) is 1. The topological polar surface area (TPSA) is 238 Å². The molecule has 0 radical (unpaired) electrons. The Morgan fingerprint density at radius 1 is 0.857 bits per heavy atom. The number of likely N-dealkylation sites (tertiary alicyclic amines) is 1. The minimum Gasteiger partial charge on any atom is -0.391 e. The first kappa shape index (κ1) is 62.5. The van der Waals surface area contributed by atoms with E-state index in [1.54, 1.807) is 50.5 Å². The number of piperazine rings is 1. The minimum absolute atomic E-state index is 0.0157. The fraction of sp³-hybridized carbons (Fsp3) is 0.467. The molecule has 2 unspecified atom stereocenters. The number of amides is 6. The van der Waals surface area contributed by atoms with Gasteiger partial charge in [0.15, 0.2) is 5.67 Å². The fourth-order valence-corrected chi connectivity index (χ4v) is 11.4. The number of likely N-dealkylation sites (N-methyl/N-ethyl adjacent to an activating group) is 1. The van der Waals surface area contributed by atoms with Gasteiger partial charge in [-0.1, -0.05) is 51.1 Å². The summed E-state index contributed by atoms with van der Waals surface area (Å²) < 4.78 is 72.7. The molecular weight excluding hydrogens is 1120 g/mol. The molecule has 450 valence electrons. The number of rotatable bonds is 20. The number of carbonyl (C=O) groups is 6. The number of thiazole rings is 1. The molecule has 3 aliphatic rings. The lowest BCUT2D eigenvalue weighted by molar-refractivity contribution is -0.145. The van der Waals surface area contributed by atoms with Gasteiger partial charge in [-0.25, -0.2) is 13.8 Å². The fourth-order valence-electron chi connectivity index (χ4n) is 10.6. The van der Waals surface area contributed by atoms with Crippen LogP contribution < -0.4 is 37.0 Å². The van der Waals surface area contributed by atoms with E-state index >= 15 is 4.39 Å². The van der Waals surface area contributed by atoms with Crippen LogP contribution in [0.5, 0.6) is 0 Å². The molecule has 8 rings (SSSR count). The van der Waals surface area contributed by atoms with Gasteiger partial charge in [0.1, 0.15) is 17.9 Å². The molecule has 3 aromatic carbocycles. The van der Waals surface area contributed by atoms with Gasteiger partial charge >= 0.3 is 6.18 Å². The number of alkyl halides is 4. The summed E-state index contributed by atoms with van der Waals surface area (Å²) in [5.41, 5.74) is -1.32. The van der Waals surface area contributed by atoms with E-state index in [9.17, 15) is 56.2 Å². The molecule has 2 aliphatic heterocycles. The second kappa shape index (κ2) is 25.7. The molecule has 0 bridgehead atoms. The van der Waals surface area contributed by atoms with Crippen molar-refractivity contribution in [2.45, 2.75) is 135 Å². The predicted octanol–water partition coefficient (Wildman–Crippen LogP) is 7.67. The first-order valence-electron chi connectivity index (χ1n) is 28.0. The largest absolute Gasteiger partial charge is 0.417 e. The monoisotopic (exact) mass is 1190 g/mol. The number of aromatic amines is 1. The standard InChI is InChI=1S/C60H71F5N10O8S/c1-33-29-74(30-34(2)73(33)7)47-18-16-38(24-46(47)71-54(80)42-28-68-49(77)26-43(42)60(63,64)65)41-23-39(15-17-44(41)61)53(79)67-22-10-8-9-21-66-50(78)27-45(36-11-13-37(14-12-36)51-35(3)69-32-84-51)70-55(81)48-25-40(76)31-75(48)56(82)52(58(4,5)6)72-57(83)59(62)19-20-59/h11-18,23-24,26,28,32-34,40,45,48,52,76H,8-10,19-22,25,27,29-31H2,1-7H3,(H,66,78)(H,67,79)(H,68,77)(H,70,81)(H,71,80)(H,72,83)/t33-,34+,40-,45?,48+,52?/m1/s1. The molecule has 24 heteroatoms. The molecule has 84 heavy (non-hydrogen) atoms. The lowest BCUT2D eigenvalue weighted by atomic mass is 9.85. The van der Waals surface area contributed by atoms with Crippen LogP contribution >= 0.6 is 11.3 Å². The van der Waals surface area contributed by atoms with Gasteiger partial charge in [0.25, 0.3) is 17.7 Å². The lowest BCUT2D eigenvalue weighted by Gasteiger charge is -2.44. The van der Waals surface area contributed by atoms with Gasteiger partial charge < -0.3 is 46.5 Å². The number of hydrogen-bond donors (Lipinski definition) is 7. The molecule has 6 atom stereocenters. The highest BCUT2D eigenvalue weighted by atomic mass is 32.1. The normalized spacial score (nSPS) is 19.5. The number of aliphatic hydroxyl groups excluding tert-OH is 1. The second-order valence-electron chi connectivity index (χ2n) is 23.2. The Bertz CT molecular complexity index is 3310. The van der Waals surface area contributed by atoms with Crippen LogP contribution in [0.2, 0.25) is 0 Å². The number of anilines is 2. The molecule has 4 heterocycles. The molecule has 18 nitrogen and oxygen atoms in total. The number of hydrogen-bond acceptors (Lipinski definition) is 12. The summed E-state index contributed by atoms with van der Waals surface area (Å²) in [6, 6.07) is 12.9. The summed E-state index contributed by atoms with van der Waals surface area (Å²) in [5.74, 6) is -4.95. The summed E-state index contributed by atoms with van der Waals surface area (Å²) >= 11 is 1.47. The number of aliphatic hydroxyl groups is 1. The van der Waals surface area contributed by atoms with Crippen LogP contribution in [0.3, 0.4) is 0 Å². The van der Waals surface area contributed by atoms with E-state index in [1.165, 1.54) is 34.4 Å². The van der Waals surface area contributed by atoms with Crippen molar-refractivity contribution in [2.24, 2.45) is 5.41 Å². The summed E-state index contributed by atoms with van der Waals surface area (Å²) in [7, 11) is 1.97. The number of nitrogens with one attached hydrogen (secondary N) is 6. The van der Waals surface area contributed by atoms with Crippen LogP contribution in [0.15, 0.2) is 83.2 Å². The van der Waals surface area contributed by atoms with Crippen LogP contribution in [-0.2, 0) is 25.4 Å². The number of halogens is 5. The van der Waals surface area contributed by atoms with Crippen LogP contribution in [-0.4, -0.2) is 136 Å². The zero-order valence-electron chi connectivity index (χ0n) is 47.8. The van der Waals surface area contributed by atoms with Crippen molar-refractivity contribution in [1.82, 2.24) is 41.0 Å². The highest BCUT2D eigenvalue weighted by molar-refractivity contribution is 7.13. The highest BCUT2D eigenvalue weighted by Gasteiger charge is 2.53. The van der Waals surface area contributed by atoms with E-state index in [0.29, 0.717) is 55.9 Å². The third-order valence-corrected chi connectivity index (χ3v) is 16.8. The van der Waals surface area contributed by atoms with E-state index in [0.717, 1.165) is 22.2 Å². The number of benzene rings is 3. The van der Waals surface area contributed by atoms with Crippen LogP contribution in [0.4, 0.5) is 33.3 Å². The van der Waals surface area contributed by atoms with Gasteiger partial charge in [0, 0.05) is 74.6 Å².